The summed E-state index contributed by atoms with van der Waals surface area (Å²) >= 11 is 0. The van der Waals surface area contributed by atoms with Gasteiger partial charge in [-0.1, -0.05) is 0 Å². The summed E-state index contributed by atoms with van der Waals surface area (Å²) in [6.07, 6.45) is 2.57. The first-order chi connectivity index (χ1) is 12.8. The molecule has 154 valence electrons. The van der Waals surface area contributed by atoms with E-state index < -0.39 is 34.4 Å². The Kier molecular flexibility index (Phi) is 6.18. The molecule has 3 amide bonds. The van der Waals surface area contributed by atoms with Crippen LogP contribution in [-0.4, -0.2) is 79.2 Å². The minimum absolute atomic E-state index is 0.126. The van der Waals surface area contributed by atoms with Crippen molar-refractivity contribution in [3.8, 4) is 0 Å². The number of urea groups is 1. The van der Waals surface area contributed by atoms with Crippen LogP contribution < -0.4 is 16.5 Å². The number of hydroxylamine groups is 3. The van der Waals surface area contributed by atoms with Crippen LogP contribution in [0.4, 0.5) is 4.79 Å². The molecule has 0 aromatic rings. The normalized spacial score (nSPS) is 27.7. The summed E-state index contributed by atoms with van der Waals surface area (Å²) in [5.41, 5.74) is 8.43. The molecule has 0 aliphatic carbocycles. The van der Waals surface area contributed by atoms with Crippen LogP contribution in [0.3, 0.4) is 0 Å². The molecule has 0 spiro atoms. The first-order valence-electron chi connectivity index (χ1n) is 8.91. The molecule has 0 radical (unpaired) electrons. The molecule has 0 saturated carbocycles. The zero-order chi connectivity index (χ0) is 19.6. The van der Waals surface area contributed by atoms with Gasteiger partial charge in [-0.15, -0.1) is 4.28 Å². The van der Waals surface area contributed by atoms with Gasteiger partial charge in [-0.25, -0.2) is 10.3 Å². The Hall–Kier alpha value is -1.51. The number of nitrogens with two attached hydrogens (primary N) is 1. The highest BCUT2D eigenvalue weighted by molar-refractivity contribution is 7.80. The molecule has 13 heteroatoms. The maximum atomic E-state index is 12.4. The molecule has 0 aromatic carbocycles. The third-order valence-electron chi connectivity index (χ3n) is 5.24. The molecule has 3 aliphatic rings. The Labute approximate surface area is 157 Å². The monoisotopic (exact) mass is 407 g/mol. The van der Waals surface area contributed by atoms with E-state index in [0.29, 0.717) is 23.8 Å². The lowest BCUT2D eigenvalue weighted by Gasteiger charge is -2.30. The molecule has 1 unspecified atom stereocenters. The summed E-state index contributed by atoms with van der Waals surface area (Å²) in [6, 6.07) is -2.34. The topological polar surface area (TPSA) is 164 Å². The minimum Gasteiger partial charge on any atom is -0.325 e. The Bertz CT molecular complexity index is 669. The Balaban J connectivity index is 1.49. The quantitative estimate of drug-likeness (QED) is 0.286. The van der Waals surface area contributed by atoms with Crippen molar-refractivity contribution in [3.05, 3.63) is 0 Å². The van der Waals surface area contributed by atoms with Crippen molar-refractivity contribution in [2.75, 3.05) is 26.2 Å². The van der Waals surface area contributed by atoms with E-state index in [1.165, 1.54) is 4.90 Å². The van der Waals surface area contributed by atoms with Gasteiger partial charge in [0.05, 0.1) is 12.6 Å². The van der Waals surface area contributed by atoms with Crippen molar-refractivity contribution >= 4 is 22.3 Å². The highest BCUT2D eigenvalue weighted by Crippen LogP contribution is 2.30. The van der Waals surface area contributed by atoms with Crippen LogP contribution >= 0.6 is 0 Å². The lowest BCUT2D eigenvalue weighted by Crippen LogP contribution is -2.50. The van der Waals surface area contributed by atoms with Gasteiger partial charge in [-0.2, -0.15) is 13.5 Å². The molecule has 3 atom stereocenters. The molecule has 3 heterocycles. The van der Waals surface area contributed by atoms with E-state index in [0.717, 1.165) is 25.9 Å². The van der Waals surface area contributed by atoms with E-state index >= 15 is 0 Å². The Morgan fingerprint density at radius 1 is 1.33 bits per heavy atom. The van der Waals surface area contributed by atoms with Gasteiger partial charge < -0.3 is 16.0 Å². The summed E-state index contributed by atoms with van der Waals surface area (Å²) in [6.45, 7) is 2.11. The minimum atomic E-state index is -4.82. The summed E-state index contributed by atoms with van der Waals surface area (Å²) < 4.78 is 34.9. The summed E-state index contributed by atoms with van der Waals surface area (Å²) in [4.78, 5) is 31.1. The fourth-order valence-electron chi connectivity index (χ4n) is 3.79. The fourth-order valence-corrected chi connectivity index (χ4v) is 4.18. The maximum absolute atomic E-state index is 12.4. The number of amides is 3. The highest BCUT2D eigenvalue weighted by Gasteiger charge is 2.49. The van der Waals surface area contributed by atoms with Gasteiger partial charge in [-0.3, -0.25) is 14.2 Å². The zero-order valence-electron chi connectivity index (χ0n) is 14.7. The highest BCUT2D eigenvalue weighted by atomic mass is 32.3. The molecule has 12 nitrogen and oxygen atoms in total. The standard InChI is InChI=1S/C14H25N5O7S/c15-11(9-3-5-16-6-4-9)8-25-17-13(20)12-2-1-10-7-18(12)14(21)19(10)26-27(22,23)24/h9-12,16H,1-8,15H2,(H,17,20)(H,22,23,24)/t10-,11?,12+/m1/s1. The summed E-state index contributed by atoms with van der Waals surface area (Å²) in [7, 11) is -4.82. The van der Waals surface area contributed by atoms with Gasteiger partial charge in [0.25, 0.3) is 5.91 Å². The van der Waals surface area contributed by atoms with Gasteiger partial charge in [0.2, 0.25) is 0 Å². The van der Waals surface area contributed by atoms with Crippen molar-refractivity contribution < 1.29 is 31.7 Å². The molecule has 2 bridgehead atoms. The maximum Gasteiger partial charge on any atom is 0.418 e. The van der Waals surface area contributed by atoms with Gasteiger partial charge in [-0.05, 0) is 44.7 Å². The third kappa shape index (κ3) is 4.86. The smallest absolute Gasteiger partial charge is 0.325 e. The van der Waals surface area contributed by atoms with E-state index in [4.69, 9.17) is 15.1 Å². The van der Waals surface area contributed by atoms with E-state index in [1.54, 1.807) is 0 Å². The van der Waals surface area contributed by atoms with Crippen LogP contribution in [0, 0.1) is 5.92 Å². The SMILES string of the molecule is NC(CONC(=O)[C@@H]1CC[C@@H]2CN1C(=O)N2OS(=O)(=O)O)C1CCNCC1. The fraction of sp³-hybridized carbons (Fsp3) is 0.857. The van der Waals surface area contributed by atoms with Crippen LogP contribution in [0.15, 0.2) is 0 Å². The van der Waals surface area contributed by atoms with Crippen molar-refractivity contribution in [1.82, 2.24) is 20.8 Å². The van der Waals surface area contributed by atoms with Crippen LogP contribution in [0.1, 0.15) is 25.7 Å². The van der Waals surface area contributed by atoms with E-state index in [-0.39, 0.29) is 19.2 Å². The lowest BCUT2D eigenvalue weighted by molar-refractivity contribution is -0.139. The molecular formula is C14H25N5O7S. The Morgan fingerprint density at radius 3 is 2.70 bits per heavy atom. The second-order valence-corrected chi connectivity index (χ2v) is 8.04. The average Bonchev–Trinajstić information content (AvgIpc) is 2.86. The molecule has 5 N–H and O–H groups in total. The molecule has 27 heavy (non-hydrogen) atoms. The predicted molar refractivity (Wildman–Crippen MR) is 91.0 cm³/mol. The number of rotatable bonds is 7. The van der Waals surface area contributed by atoms with Crippen molar-refractivity contribution in [2.45, 2.75) is 43.8 Å². The number of fused-ring (bicyclic) bond motifs is 2. The molecule has 3 rings (SSSR count). The van der Waals surface area contributed by atoms with Crippen molar-refractivity contribution in [1.29, 1.82) is 0 Å². The zero-order valence-corrected chi connectivity index (χ0v) is 15.6. The second kappa shape index (κ2) is 8.24. The number of nitrogens with one attached hydrogen (secondary N) is 2. The first-order valence-corrected chi connectivity index (χ1v) is 10.3. The molecule has 3 saturated heterocycles. The number of carbonyl (C=O) groups excluding carboxylic acids is 2. The number of piperidine rings is 2. The second-order valence-electron chi connectivity index (χ2n) is 7.04. The molecule has 3 fully saturated rings. The van der Waals surface area contributed by atoms with Gasteiger partial charge in [0, 0.05) is 12.6 Å². The number of nitrogens with zero attached hydrogens (tertiary/aromatic N) is 2. The van der Waals surface area contributed by atoms with Gasteiger partial charge in [0.1, 0.15) is 6.04 Å². The largest absolute Gasteiger partial charge is 0.418 e. The third-order valence-corrected chi connectivity index (χ3v) is 5.59. The molecular weight excluding hydrogens is 382 g/mol. The van der Waals surface area contributed by atoms with E-state index in [1.807, 2.05) is 0 Å². The van der Waals surface area contributed by atoms with Crippen molar-refractivity contribution in [3.63, 3.8) is 0 Å². The van der Waals surface area contributed by atoms with Crippen LogP contribution in [-0.2, 0) is 24.3 Å². The molecule has 3 aliphatic heterocycles. The van der Waals surface area contributed by atoms with Crippen LogP contribution in [0.25, 0.3) is 0 Å². The van der Waals surface area contributed by atoms with Gasteiger partial charge in [0.15, 0.2) is 0 Å². The summed E-state index contributed by atoms with van der Waals surface area (Å²) in [5, 5.41) is 3.85. The Morgan fingerprint density at radius 2 is 2.04 bits per heavy atom. The number of carbonyl (C=O) groups is 2. The molecule has 0 aromatic heterocycles. The number of hydrogen-bond donors (Lipinski definition) is 4. The summed E-state index contributed by atoms with van der Waals surface area (Å²) in [5.74, 6) is -0.182. The lowest BCUT2D eigenvalue weighted by atomic mass is 9.91. The van der Waals surface area contributed by atoms with E-state index in [2.05, 4.69) is 15.1 Å². The number of hydrogen-bond acceptors (Lipinski definition) is 8. The predicted octanol–water partition coefficient (Wildman–Crippen LogP) is -1.64. The van der Waals surface area contributed by atoms with Crippen molar-refractivity contribution in [2.24, 2.45) is 11.7 Å². The first kappa shape index (κ1) is 20.2. The van der Waals surface area contributed by atoms with E-state index in [9.17, 15) is 18.0 Å². The van der Waals surface area contributed by atoms with Crippen LogP contribution in [0.5, 0.6) is 0 Å². The van der Waals surface area contributed by atoms with Crippen LogP contribution in [0.2, 0.25) is 0 Å². The average molecular weight is 407 g/mol. The van der Waals surface area contributed by atoms with Gasteiger partial charge >= 0.3 is 16.4 Å².